The number of rotatable bonds is 4. The summed E-state index contributed by atoms with van der Waals surface area (Å²) in [6.07, 6.45) is 0. The molecule has 0 aliphatic carbocycles. The van der Waals surface area contributed by atoms with Crippen LogP contribution < -0.4 is 0 Å². The van der Waals surface area contributed by atoms with Gasteiger partial charge in [0, 0.05) is 0 Å². The average molecular weight is 269 g/mol. The highest BCUT2D eigenvalue weighted by molar-refractivity contribution is 7.91. The van der Waals surface area contributed by atoms with E-state index >= 15 is 0 Å². The molecule has 0 fully saturated rings. The molecule has 1 aromatic rings. The van der Waals surface area contributed by atoms with Gasteiger partial charge in [-0.05, 0) is 30.5 Å². The summed E-state index contributed by atoms with van der Waals surface area (Å²) in [6.45, 7) is 5.34. The highest BCUT2D eigenvalue weighted by Crippen LogP contribution is 2.18. The molecule has 98 valence electrons. The third-order valence-electron chi connectivity index (χ3n) is 3.02. The molecule has 0 saturated heterocycles. The molecule has 0 bridgehead atoms. The van der Waals surface area contributed by atoms with Gasteiger partial charge >= 0.3 is 0 Å². The molecule has 0 aromatic heterocycles. The molecule has 1 rings (SSSR count). The fraction of sp³-hybridized carbons (Fsp3) is 0.462. The molecule has 0 N–H and O–H groups in total. The zero-order valence-electron chi connectivity index (χ0n) is 10.6. The average Bonchev–Trinajstić information content (AvgIpc) is 2.30. The quantitative estimate of drug-likeness (QED) is 0.844. The number of hydrogen-bond acceptors (Lipinski definition) is 3. The van der Waals surface area contributed by atoms with E-state index in [-0.39, 0.29) is 17.2 Å². The van der Waals surface area contributed by atoms with Crippen molar-refractivity contribution in [2.75, 3.05) is 0 Å². The normalized spacial score (nSPS) is 13.3. The summed E-state index contributed by atoms with van der Waals surface area (Å²) in [5.41, 5.74) is 0.320. The lowest BCUT2D eigenvalue weighted by molar-refractivity contribution is 0.545. The Balaban J connectivity index is 3.03. The van der Waals surface area contributed by atoms with Crippen molar-refractivity contribution >= 4 is 9.84 Å². The smallest absolute Gasteiger partial charge is 0.157 e. The van der Waals surface area contributed by atoms with E-state index in [0.29, 0.717) is 5.56 Å². The standard InChI is InChI=1S/C13H16FNO2S/c1-9(2)10(3)18(16,17)8-11-4-5-13(14)12(6-11)7-15/h4-6,9-10H,8H2,1-3H3. The molecule has 1 atom stereocenters. The van der Waals surface area contributed by atoms with Gasteiger partial charge in [-0.25, -0.2) is 12.8 Å². The van der Waals surface area contributed by atoms with E-state index in [1.165, 1.54) is 12.1 Å². The predicted molar refractivity (Wildman–Crippen MR) is 68.0 cm³/mol. The van der Waals surface area contributed by atoms with Gasteiger partial charge in [0.2, 0.25) is 0 Å². The lowest BCUT2D eigenvalue weighted by Crippen LogP contribution is -2.24. The van der Waals surface area contributed by atoms with Crippen molar-refractivity contribution in [3.8, 4) is 6.07 Å². The van der Waals surface area contributed by atoms with E-state index in [4.69, 9.17) is 5.26 Å². The van der Waals surface area contributed by atoms with Crippen LogP contribution in [0.4, 0.5) is 4.39 Å². The topological polar surface area (TPSA) is 57.9 Å². The summed E-state index contributed by atoms with van der Waals surface area (Å²) in [4.78, 5) is 0. The van der Waals surface area contributed by atoms with Crippen LogP contribution in [-0.4, -0.2) is 13.7 Å². The van der Waals surface area contributed by atoms with E-state index in [0.717, 1.165) is 6.07 Å². The third-order valence-corrected chi connectivity index (χ3v) is 5.44. The van der Waals surface area contributed by atoms with Crippen molar-refractivity contribution in [2.24, 2.45) is 5.92 Å². The minimum Gasteiger partial charge on any atom is -0.228 e. The van der Waals surface area contributed by atoms with E-state index < -0.39 is 20.9 Å². The van der Waals surface area contributed by atoms with Crippen molar-refractivity contribution < 1.29 is 12.8 Å². The second-order valence-electron chi connectivity index (χ2n) is 4.68. The van der Waals surface area contributed by atoms with Crippen molar-refractivity contribution in [3.05, 3.63) is 35.1 Å². The summed E-state index contributed by atoms with van der Waals surface area (Å²) in [5.74, 6) is -0.775. The monoisotopic (exact) mass is 269 g/mol. The largest absolute Gasteiger partial charge is 0.228 e. The molecular formula is C13H16FNO2S. The van der Waals surface area contributed by atoms with Crippen LogP contribution in [0, 0.1) is 23.1 Å². The maximum atomic E-state index is 13.1. The Morgan fingerprint density at radius 3 is 2.44 bits per heavy atom. The van der Waals surface area contributed by atoms with Gasteiger partial charge in [-0.15, -0.1) is 0 Å². The fourth-order valence-corrected chi connectivity index (χ4v) is 3.26. The maximum Gasteiger partial charge on any atom is 0.157 e. The van der Waals surface area contributed by atoms with Gasteiger partial charge in [-0.1, -0.05) is 19.9 Å². The number of nitriles is 1. The molecule has 0 radical (unpaired) electrons. The Morgan fingerprint density at radius 1 is 1.33 bits per heavy atom. The number of benzene rings is 1. The van der Waals surface area contributed by atoms with Gasteiger partial charge in [0.05, 0.1) is 16.6 Å². The lowest BCUT2D eigenvalue weighted by atomic mass is 10.1. The van der Waals surface area contributed by atoms with Crippen LogP contribution in [0.2, 0.25) is 0 Å². The SMILES string of the molecule is CC(C)C(C)S(=O)(=O)Cc1ccc(F)c(C#N)c1. The van der Waals surface area contributed by atoms with Gasteiger partial charge in [0.15, 0.2) is 9.84 Å². The van der Waals surface area contributed by atoms with Gasteiger partial charge in [-0.3, -0.25) is 0 Å². The third kappa shape index (κ3) is 3.30. The molecule has 1 unspecified atom stereocenters. The fourth-order valence-electron chi connectivity index (χ4n) is 1.53. The van der Waals surface area contributed by atoms with E-state index in [9.17, 15) is 12.8 Å². The Bertz CT molecular complexity index is 573. The minimum absolute atomic E-state index is 0.0193. The predicted octanol–water partition coefficient (Wildman–Crippen LogP) is 2.66. The van der Waals surface area contributed by atoms with Crippen LogP contribution in [0.15, 0.2) is 18.2 Å². The van der Waals surface area contributed by atoms with E-state index in [1.807, 2.05) is 13.8 Å². The number of nitrogens with zero attached hydrogens (tertiary/aromatic N) is 1. The van der Waals surface area contributed by atoms with Gasteiger partial charge < -0.3 is 0 Å². The van der Waals surface area contributed by atoms with Crippen molar-refractivity contribution in [1.82, 2.24) is 0 Å². The van der Waals surface area contributed by atoms with Crippen LogP contribution in [0.3, 0.4) is 0 Å². The summed E-state index contributed by atoms with van der Waals surface area (Å²) in [7, 11) is -3.28. The van der Waals surface area contributed by atoms with Crippen molar-refractivity contribution in [3.63, 3.8) is 0 Å². The summed E-state index contributed by atoms with van der Waals surface area (Å²) in [6, 6.07) is 5.53. The first-order valence-corrected chi connectivity index (χ1v) is 7.39. The molecular weight excluding hydrogens is 253 g/mol. The van der Waals surface area contributed by atoms with Crippen LogP contribution >= 0.6 is 0 Å². The van der Waals surface area contributed by atoms with E-state index in [1.54, 1.807) is 13.0 Å². The second kappa shape index (κ2) is 5.49. The van der Waals surface area contributed by atoms with Crippen molar-refractivity contribution in [2.45, 2.75) is 31.8 Å². The lowest BCUT2D eigenvalue weighted by Gasteiger charge is -2.16. The molecule has 18 heavy (non-hydrogen) atoms. The van der Waals surface area contributed by atoms with Gasteiger partial charge in [0.1, 0.15) is 11.9 Å². The van der Waals surface area contributed by atoms with E-state index in [2.05, 4.69) is 0 Å². The van der Waals surface area contributed by atoms with Crippen LogP contribution in [0.5, 0.6) is 0 Å². The molecule has 3 nitrogen and oxygen atoms in total. The summed E-state index contributed by atoms with van der Waals surface area (Å²) < 4.78 is 37.2. The minimum atomic E-state index is -3.28. The number of sulfone groups is 1. The molecule has 0 aliphatic heterocycles. The molecule has 0 aliphatic rings. The van der Waals surface area contributed by atoms with Crippen LogP contribution in [0.1, 0.15) is 31.9 Å². The van der Waals surface area contributed by atoms with Gasteiger partial charge in [-0.2, -0.15) is 5.26 Å². The molecule has 0 amide bonds. The first kappa shape index (κ1) is 14.7. The summed E-state index contributed by atoms with van der Waals surface area (Å²) in [5, 5.41) is 8.23. The Labute approximate surface area is 107 Å². The Kier molecular flexibility index (Phi) is 4.47. The summed E-state index contributed by atoms with van der Waals surface area (Å²) >= 11 is 0. The number of halogens is 1. The second-order valence-corrected chi connectivity index (χ2v) is 7.04. The molecule has 0 spiro atoms. The molecule has 5 heteroatoms. The zero-order valence-corrected chi connectivity index (χ0v) is 11.5. The molecule has 1 aromatic carbocycles. The zero-order chi connectivity index (χ0) is 13.9. The highest BCUT2D eigenvalue weighted by atomic mass is 32.2. The van der Waals surface area contributed by atoms with Gasteiger partial charge in [0.25, 0.3) is 0 Å². The Morgan fingerprint density at radius 2 is 1.94 bits per heavy atom. The highest BCUT2D eigenvalue weighted by Gasteiger charge is 2.24. The Hall–Kier alpha value is -1.41. The first-order valence-electron chi connectivity index (χ1n) is 5.68. The van der Waals surface area contributed by atoms with Crippen LogP contribution in [0.25, 0.3) is 0 Å². The van der Waals surface area contributed by atoms with Crippen molar-refractivity contribution in [1.29, 1.82) is 5.26 Å². The van der Waals surface area contributed by atoms with Crippen LogP contribution in [-0.2, 0) is 15.6 Å². The number of hydrogen-bond donors (Lipinski definition) is 0. The molecule has 0 saturated carbocycles. The maximum absolute atomic E-state index is 13.1. The molecule has 0 heterocycles. The first-order chi connectivity index (χ1) is 8.27.